The number of imidazole rings is 1. The van der Waals surface area contributed by atoms with Gasteiger partial charge in [0, 0.05) is 31.8 Å². The van der Waals surface area contributed by atoms with Gasteiger partial charge in [-0.05, 0) is 36.5 Å². The molecule has 1 saturated heterocycles. The monoisotopic (exact) mass is 301 g/mol. The normalized spacial score (nSPS) is 22.5. The number of hydrogen-bond acceptors (Lipinski definition) is 3. The molecular formula is C18H27N3O. The fraction of sp³-hybridized carbons (Fsp3) is 0.611. The average molecular weight is 301 g/mol. The highest BCUT2D eigenvalue weighted by atomic mass is 16.5. The summed E-state index contributed by atoms with van der Waals surface area (Å²) in [4.78, 5) is 4.48. The lowest BCUT2D eigenvalue weighted by atomic mass is 9.81. The lowest BCUT2D eigenvalue weighted by Gasteiger charge is -2.31. The summed E-state index contributed by atoms with van der Waals surface area (Å²) in [5.41, 5.74) is 3.69. The maximum atomic E-state index is 5.94. The Balaban J connectivity index is 1.60. The summed E-state index contributed by atoms with van der Waals surface area (Å²) in [6, 6.07) is 4.24. The minimum absolute atomic E-state index is 0.212. The third kappa shape index (κ3) is 3.18. The van der Waals surface area contributed by atoms with Gasteiger partial charge in [-0.15, -0.1) is 0 Å². The number of pyridine rings is 1. The van der Waals surface area contributed by atoms with Crippen LogP contribution in [0.1, 0.15) is 38.4 Å². The van der Waals surface area contributed by atoms with Crippen molar-refractivity contribution in [2.45, 2.75) is 46.8 Å². The molecule has 2 atom stereocenters. The highest BCUT2D eigenvalue weighted by Crippen LogP contribution is 2.34. The van der Waals surface area contributed by atoms with Gasteiger partial charge >= 0.3 is 0 Å². The summed E-state index contributed by atoms with van der Waals surface area (Å²) in [5.74, 6) is 0.599. The molecule has 1 N–H and O–H groups in total. The van der Waals surface area contributed by atoms with Crippen LogP contribution >= 0.6 is 0 Å². The predicted molar refractivity (Wildman–Crippen MR) is 88.9 cm³/mol. The minimum atomic E-state index is 0.212. The number of fused-ring (bicyclic) bond motifs is 1. The van der Waals surface area contributed by atoms with Gasteiger partial charge in [0.05, 0.1) is 18.0 Å². The molecule has 3 rings (SSSR count). The third-order valence-corrected chi connectivity index (χ3v) is 4.53. The van der Waals surface area contributed by atoms with Crippen molar-refractivity contribution in [2.24, 2.45) is 11.3 Å². The van der Waals surface area contributed by atoms with Crippen LogP contribution in [0, 0.1) is 18.3 Å². The summed E-state index contributed by atoms with van der Waals surface area (Å²) >= 11 is 0. The Morgan fingerprint density at radius 2 is 2.23 bits per heavy atom. The van der Waals surface area contributed by atoms with Crippen LogP contribution in [-0.4, -0.2) is 28.6 Å². The van der Waals surface area contributed by atoms with E-state index in [0.29, 0.717) is 12.0 Å². The van der Waals surface area contributed by atoms with Crippen molar-refractivity contribution < 1.29 is 4.74 Å². The first kappa shape index (κ1) is 15.5. The fourth-order valence-corrected chi connectivity index (χ4v) is 3.45. The number of rotatable bonds is 4. The van der Waals surface area contributed by atoms with Gasteiger partial charge in [-0.1, -0.05) is 20.8 Å². The molecule has 0 unspecified atom stereocenters. The van der Waals surface area contributed by atoms with Crippen LogP contribution in [0.4, 0.5) is 0 Å². The van der Waals surface area contributed by atoms with Crippen LogP contribution in [0.2, 0.25) is 0 Å². The van der Waals surface area contributed by atoms with E-state index in [9.17, 15) is 0 Å². The van der Waals surface area contributed by atoms with E-state index in [4.69, 9.17) is 4.74 Å². The Morgan fingerprint density at radius 3 is 3.00 bits per heavy atom. The van der Waals surface area contributed by atoms with E-state index < -0.39 is 0 Å². The molecule has 1 aliphatic heterocycles. The molecule has 0 bridgehead atoms. The smallest absolute Gasteiger partial charge is 0.137 e. The zero-order valence-electron chi connectivity index (χ0n) is 14.1. The fourth-order valence-electron chi connectivity index (χ4n) is 3.45. The van der Waals surface area contributed by atoms with Gasteiger partial charge in [0.1, 0.15) is 5.65 Å². The molecule has 4 nitrogen and oxygen atoms in total. The van der Waals surface area contributed by atoms with Gasteiger partial charge < -0.3 is 14.5 Å². The van der Waals surface area contributed by atoms with E-state index in [-0.39, 0.29) is 5.41 Å². The van der Waals surface area contributed by atoms with Crippen molar-refractivity contribution in [3.8, 4) is 0 Å². The number of nitrogens with one attached hydrogen (secondary N) is 1. The molecule has 0 amide bonds. The molecule has 4 heteroatoms. The second kappa shape index (κ2) is 6.01. The SMILES string of the molecule is Cc1ccn2c(CNC[C@H]3CCO[C@@H]3C(C)(C)C)cnc2c1. The zero-order valence-corrected chi connectivity index (χ0v) is 14.1. The number of ether oxygens (including phenoxy) is 1. The Morgan fingerprint density at radius 1 is 1.41 bits per heavy atom. The van der Waals surface area contributed by atoms with Crippen LogP contribution in [-0.2, 0) is 11.3 Å². The van der Waals surface area contributed by atoms with E-state index in [1.807, 2.05) is 6.20 Å². The zero-order chi connectivity index (χ0) is 15.7. The first-order valence-corrected chi connectivity index (χ1v) is 8.20. The first-order valence-electron chi connectivity index (χ1n) is 8.20. The second-order valence-corrected chi connectivity index (χ2v) is 7.52. The molecule has 3 heterocycles. The number of hydrogen-bond donors (Lipinski definition) is 1. The van der Waals surface area contributed by atoms with Crippen LogP contribution in [0.5, 0.6) is 0 Å². The quantitative estimate of drug-likeness (QED) is 0.942. The van der Waals surface area contributed by atoms with Crippen LogP contribution in [0.25, 0.3) is 5.65 Å². The average Bonchev–Trinajstić information content (AvgIpc) is 3.05. The largest absolute Gasteiger partial charge is 0.377 e. The molecule has 0 saturated carbocycles. The maximum Gasteiger partial charge on any atom is 0.137 e. The molecule has 0 spiro atoms. The van der Waals surface area contributed by atoms with E-state index in [0.717, 1.165) is 31.8 Å². The Bertz CT molecular complexity index is 641. The Hall–Kier alpha value is -1.39. The van der Waals surface area contributed by atoms with Crippen molar-refractivity contribution in [2.75, 3.05) is 13.2 Å². The standard InChI is InChI=1S/C18H27N3O/c1-13-5-7-21-15(12-20-16(21)9-13)11-19-10-14-6-8-22-17(14)18(2,3)4/h5,7,9,12,14,17,19H,6,8,10-11H2,1-4H3/t14-,17+/m1/s1. The van der Waals surface area contributed by atoms with Crippen LogP contribution < -0.4 is 5.32 Å². The van der Waals surface area contributed by atoms with Crippen molar-refractivity contribution >= 4 is 5.65 Å². The minimum Gasteiger partial charge on any atom is -0.377 e. The molecule has 1 aliphatic rings. The molecule has 2 aromatic heterocycles. The van der Waals surface area contributed by atoms with Gasteiger partial charge in [-0.25, -0.2) is 4.98 Å². The van der Waals surface area contributed by atoms with Crippen molar-refractivity contribution in [1.82, 2.24) is 14.7 Å². The Kier molecular flexibility index (Phi) is 4.24. The van der Waals surface area contributed by atoms with Gasteiger partial charge in [0.2, 0.25) is 0 Å². The third-order valence-electron chi connectivity index (χ3n) is 4.53. The number of aryl methyl sites for hydroxylation is 1. The lowest BCUT2D eigenvalue weighted by Crippen LogP contribution is -2.36. The highest BCUT2D eigenvalue weighted by molar-refractivity contribution is 5.42. The van der Waals surface area contributed by atoms with E-state index in [1.54, 1.807) is 0 Å². The van der Waals surface area contributed by atoms with Gasteiger partial charge in [-0.3, -0.25) is 0 Å². The molecule has 0 radical (unpaired) electrons. The summed E-state index contributed by atoms with van der Waals surface area (Å²) in [6.45, 7) is 11.6. The molecule has 22 heavy (non-hydrogen) atoms. The topological polar surface area (TPSA) is 38.6 Å². The van der Waals surface area contributed by atoms with Crippen LogP contribution in [0.3, 0.4) is 0 Å². The van der Waals surface area contributed by atoms with Crippen molar-refractivity contribution in [3.63, 3.8) is 0 Å². The summed E-state index contributed by atoms with van der Waals surface area (Å²) in [6.07, 6.45) is 5.57. The number of aromatic nitrogens is 2. The molecule has 2 aromatic rings. The molecule has 1 fully saturated rings. The Labute approximate surface area is 132 Å². The summed E-state index contributed by atoms with van der Waals surface area (Å²) in [7, 11) is 0. The predicted octanol–water partition coefficient (Wildman–Crippen LogP) is 3.18. The van der Waals surface area contributed by atoms with E-state index in [1.165, 1.54) is 11.3 Å². The summed E-state index contributed by atoms with van der Waals surface area (Å²) in [5, 5.41) is 3.60. The molecular weight excluding hydrogens is 274 g/mol. The summed E-state index contributed by atoms with van der Waals surface area (Å²) < 4.78 is 8.10. The molecule has 120 valence electrons. The maximum absolute atomic E-state index is 5.94. The molecule has 0 aromatic carbocycles. The van der Waals surface area contributed by atoms with Gasteiger partial charge in [0.15, 0.2) is 0 Å². The van der Waals surface area contributed by atoms with Gasteiger partial charge in [-0.2, -0.15) is 0 Å². The van der Waals surface area contributed by atoms with Crippen molar-refractivity contribution in [1.29, 1.82) is 0 Å². The molecule has 0 aliphatic carbocycles. The van der Waals surface area contributed by atoms with Gasteiger partial charge in [0.25, 0.3) is 0 Å². The van der Waals surface area contributed by atoms with E-state index in [2.05, 4.69) is 60.7 Å². The first-order chi connectivity index (χ1) is 10.4. The lowest BCUT2D eigenvalue weighted by molar-refractivity contribution is 0.00719. The van der Waals surface area contributed by atoms with E-state index >= 15 is 0 Å². The number of nitrogens with zero attached hydrogens (tertiary/aromatic N) is 2. The second-order valence-electron chi connectivity index (χ2n) is 7.52. The van der Waals surface area contributed by atoms with Crippen molar-refractivity contribution in [3.05, 3.63) is 35.8 Å². The highest BCUT2D eigenvalue weighted by Gasteiger charge is 2.36. The van der Waals surface area contributed by atoms with Crippen LogP contribution in [0.15, 0.2) is 24.5 Å².